The van der Waals surface area contributed by atoms with Crippen LogP contribution in [0.5, 0.6) is 0 Å². The minimum absolute atomic E-state index is 0.0220. The molecule has 0 aromatic heterocycles. The zero-order valence-electron chi connectivity index (χ0n) is 14.3. The van der Waals surface area contributed by atoms with Gasteiger partial charge in [-0.2, -0.15) is 13.2 Å². The number of carbonyl (C=O) groups is 2. The minimum Gasteiger partial charge on any atom is -0.338 e. The molecule has 3 amide bonds. The average Bonchev–Trinajstić information content (AvgIpc) is 3.01. The van der Waals surface area contributed by atoms with Gasteiger partial charge in [-0.15, -0.1) is 0 Å². The number of anilines is 2. The Balaban J connectivity index is 1.52. The third kappa shape index (κ3) is 4.78. The summed E-state index contributed by atoms with van der Waals surface area (Å²) in [6.07, 6.45) is -4.17. The molecule has 5 nitrogen and oxygen atoms in total. The fraction of sp³-hybridized carbons (Fsp3) is 0.263. The van der Waals surface area contributed by atoms with Gasteiger partial charge >= 0.3 is 12.2 Å². The van der Waals surface area contributed by atoms with Crippen LogP contribution in [0.15, 0.2) is 54.6 Å². The van der Waals surface area contributed by atoms with Crippen LogP contribution >= 0.6 is 0 Å². The topological polar surface area (TPSA) is 61.4 Å². The molecule has 142 valence electrons. The van der Waals surface area contributed by atoms with Crippen molar-refractivity contribution in [3.05, 3.63) is 60.2 Å². The molecule has 2 aromatic rings. The van der Waals surface area contributed by atoms with Gasteiger partial charge in [0, 0.05) is 36.8 Å². The predicted octanol–water partition coefficient (Wildman–Crippen LogP) is 3.88. The summed E-state index contributed by atoms with van der Waals surface area (Å²) >= 11 is 0. The van der Waals surface area contributed by atoms with Crippen LogP contribution < -0.4 is 15.5 Å². The number of alkyl halides is 3. The summed E-state index contributed by atoms with van der Waals surface area (Å²) in [4.78, 5) is 25.8. The summed E-state index contributed by atoms with van der Waals surface area (Å²) in [6, 6.07) is 13.0. The van der Waals surface area contributed by atoms with Crippen molar-refractivity contribution < 1.29 is 22.8 Å². The van der Waals surface area contributed by atoms with Gasteiger partial charge in [0.25, 0.3) is 0 Å². The van der Waals surface area contributed by atoms with E-state index in [4.69, 9.17) is 0 Å². The molecule has 2 N–H and O–H groups in total. The van der Waals surface area contributed by atoms with E-state index in [1.165, 1.54) is 12.1 Å². The normalized spacial score (nSPS) is 17.1. The lowest BCUT2D eigenvalue weighted by Crippen LogP contribution is -2.34. The Bertz CT molecular complexity index is 824. The van der Waals surface area contributed by atoms with Crippen LogP contribution in [0.1, 0.15) is 12.0 Å². The highest BCUT2D eigenvalue weighted by atomic mass is 19.4. The quantitative estimate of drug-likeness (QED) is 0.850. The van der Waals surface area contributed by atoms with Crippen molar-refractivity contribution >= 4 is 23.3 Å². The molecule has 1 fully saturated rings. The number of nitrogens with one attached hydrogen (secondary N) is 2. The van der Waals surface area contributed by atoms with E-state index in [2.05, 4.69) is 10.6 Å². The van der Waals surface area contributed by atoms with Crippen molar-refractivity contribution in [3.63, 3.8) is 0 Å². The number of nitrogens with zero attached hydrogens (tertiary/aromatic N) is 1. The molecular formula is C19H18F3N3O2. The van der Waals surface area contributed by atoms with Crippen LogP contribution in [0.4, 0.5) is 29.3 Å². The third-order valence-corrected chi connectivity index (χ3v) is 4.27. The fourth-order valence-corrected chi connectivity index (χ4v) is 2.96. The van der Waals surface area contributed by atoms with Crippen LogP contribution in [-0.2, 0) is 11.0 Å². The minimum atomic E-state index is -4.47. The van der Waals surface area contributed by atoms with Crippen molar-refractivity contribution in [3.8, 4) is 0 Å². The SMILES string of the molecule is O=C(NC[C@H]1CC(=O)N(c2ccccc2)C1)Nc1cccc(C(F)(F)F)c1. The summed E-state index contributed by atoms with van der Waals surface area (Å²) in [5.41, 5.74) is 0.0225. The third-order valence-electron chi connectivity index (χ3n) is 4.27. The van der Waals surface area contributed by atoms with E-state index in [-0.39, 0.29) is 24.1 Å². The molecule has 1 saturated heterocycles. The predicted molar refractivity (Wildman–Crippen MR) is 95.4 cm³/mol. The van der Waals surface area contributed by atoms with Gasteiger partial charge in [0.15, 0.2) is 0 Å². The van der Waals surface area contributed by atoms with E-state index in [9.17, 15) is 22.8 Å². The lowest BCUT2D eigenvalue weighted by Gasteiger charge is -2.17. The molecule has 0 saturated carbocycles. The van der Waals surface area contributed by atoms with Crippen molar-refractivity contribution in [2.45, 2.75) is 12.6 Å². The second-order valence-corrected chi connectivity index (χ2v) is 6.32. The second-order valence-electron chi connectivity index (χ2n) is 6.32. The van der Waals surface area contributed by atoms with Gasteiger partial charge in [-0.05, 0) is 30.3 Å². The Labute approximate surface area is 154 Å². The second kappa shape index (κ2) is 7.69. The number of hydrogen-bond donors (Lipinski definition) is 2. The first kappa shape index (κ1) is 18.8. The Kier molecular flexibility index (Phi) is 5.34. The molecule has 1 aliphatic rings. The number of urea groups is 1. The number of amides is 3. The summed E-state index contributed by atoms with van der Waals surface area (Å²) in [5.74, 6) is -0.0868. The van der Waals surface area contributed by atoms with Gasteiger partial charge in [-0.3, -0.25) is 4.79 Å². The maximum Gasteiger partial charge on any atom is 0.416 e. The number of hydrogen-bond acceptors (Lipinski definition) is 2. The van der Waals surface area contributed by atoms with Crippen molar-refractivity contribution in [2.24, 2.45) is 5.92 Å². The van der Waals surface area contributed by atoms with Crippen LogP contribution in [0.25, 0.3) is 0 Å². The Morgan fingerprint density at radius 3 is 2.56 bits per heavy atom. The zero-order valence-corrected chi connectivity index (χ0v) is 14.3. The van der Waals surface area contributed by atoms with Crippen molar-refractivity contribution in [2.75, 3.05) is 23.3 Å². The Morgan fingerprint density at radius 2 is 1.85 bits per heavy atom. The first-order valence-corrected chi connectivity index (χ1v) is 8.40. The number of rotatable bonds is 4. The van der Waals surface area contributed by atoms with E-state index in [1.807, 2.05) is 30.3 Å². The molecular weight excluding hydrogens is 359 g/mol. The molecule has 1 aliphatic heterocycles. The first-order chi connectivity index (χ1) is 12.8. The number of halogens is 3. The van der Waals surface area contributed by atoms with Crippen molar-refractivity contribution in [1.29, 1.82) is 0 Å². The number of carbonyl (C=O) groups excluding carboxylic acids is 2. The molecule has 0 unspecified atom stereocenters. The summed E-state index contributed by atoms with van der Waals surface area (Å²) in [5, 5.41) is 5.00. The van der Waals surface area contributed by atoms with E-state index in [0.717, 1.165) is 17.8 Å². The van der Waals surface area contributed by atoms with Crippen LogP contribution in [0.3, 0.4) is 0 Å². The standard InChI is InChI=1S/C19H18F3N3O2/c20-19(21,22)14-5-4-6-15(10-14)24-18(27)23-11-13-9-17(26)25(12-13)16-7-2-1-3-8-16/h1-8,10,13H,9,11-12H2,(H2,23,24,27)/t13-/m1/s1. The average molecular weight is 377 g/mol. The first-order valence-electron chi connectivity index (χ1n) is 8.40. The molecule has 1 atom stereocenters. The van der Waals surface area contributed by atoms with E-state index in [0.29, 0.717) is 13.0 Å². The lowest BCUT2D eigenvalue weighted by atomic mass is 10.1. The van der Waals surface area contributed by atoms with E-state index < -0.39 is 17.8 Å². The maximum atomic E-state index is 12.7. The smallest absolute Gasteiger partial charge is 0.338 e. The molecule has 1 heterocycles. The number of benzene rings is 2. The van der Waals surface area contributed by atoms with Crippen LogP contribution in [0, 0.1) is 5.92 Å². The maximum absolute atomic E-state index is 12.7. The van der Waals surface area contributed by atoms with Gasteiger partial charge in [0.1, 0.15) is 0 Å². The monoisotopic (exact) mass is 377 g/mol. The van der Waals surface area contributed by atoms with Crippen molar-refractivity contribution in [1.82, 2.24) is 5.32 Å². The molecule has 8 heteroatoms. The molecule has 0 radical (unpaired) electrons. The molecule has 3 rings (SSSR count). The molecule has 27 heavy (non-hydrogen) atoms. The van der Waals surface area contributed by atoms with Crippen LogP contribution in [-0.4, -0.2) is 25.0 Å². The van der Waals surface area contributed by atoms with Gasteiger partial charge in [-0.1, -0.05) is 24.3 Å². The largest absolute Gasteiger partial charge is 0.416 e. The highest BCUT2D eigenvalue weighted by Gasteiger charge is 2.31. The van der Waals surface area contributed by atoms with E-state index >= 15 is 0 Å². The summed E-state index contributed by atoms with van der Waals surface area (Å²) < 4.78 is 38.1. The lowest BCUT2D eigenvalue weighted by molar-refractivity contribution is -0.137. The van der Waals surface area contributed by atoms with Crippen LogP contribution in [0.2, 0.25) is 0 Å². The number of para-hydroxylation sites is 1. The molecule has 0 spiro atoms. The van der Waals surface area contributed by atoms with E-state index in [1.54, 1.807) is 4.90 Å². The highest BCUT2D eigenvalue weighted by Crippen LogP contribution is 2.30. The van der Waals surface area contributed by atoms with Gasteiger partial charge in [0.05, 0.1) is 5.56 Å². The summed E-state index contributed by atoms with van der Waals surface area (Å²) in [6.45, 7) is 0.729. The van der Waals surface area contributed by atoms with Gasteiger partial charge < -0.3 is 15.5 Å². The Morgan fingerprint density at radius 1 is 1.11 bits per heavy atom. The van der Waals surface area contributed by atoms with Gasteiger partial charge in [-0.25, -0.2) is 4.79 Å². The Hall–Kier alpha value is -3.03. The molecule has 2 aromatic carbocycles. The van der Waals surface area contributed by atoms with Gasteiger partial charge in [0.2, 0.25) is 5.91 Å². The fourth-order valence-electron chi connectivity index (χ4n) is 2.96. The summed E-state index contributed by atoms with van der Waals surface area (Å²) in [7, 11) is 0. The zero-order chi connectivity index (χ0) is 19.4. The molecule has 0 bridgehead atoms. The highest BCUT2D eigenvalue weighted by molar-refractivity contribution is 5.96. The molecule has 0 aliphatic carbocycles.